The van der Waals surface area contributed by atoms with Crippen molar-refractivity contribution in [2.45, 2.75) is 0 Å². The summed E-state index contributed by atoms with van der Waals surface area (Å²) in [6, 6.07) is 11.4. The molecule has 0 saturated carbocycles. The Morgan fingerprint density at radius 2 is 1.78 bits per heavy atom. The fourth-order valence-corrected chi connectivity index (χ4v) is 2.71. The largest absolute Gasteiger partial charge is 0.491 e. The highest BCUT2D eigenvalue weighted by Gasteiger charge is 2.09. The van der Waals surface area contributed by atoms with E-state index in [4.69, 9.17) is 25.8 Å². The third kappa shape index (κ3) is 7.09. The van der Waals surface area contributed by atoms with Gasteiger partial charge in [0.05, 0.1) is 11.1 Å². The number of ether oxygens (including phenoxy) is 3. The zero-order valence-electron chi connectivity index (χ0n) is 14.5. The van der Waals surface area contributed by atoms with Crippen LogP contribution in [0.3, 0.4) is 0 Å². The quantitative estimate of drug-likeness (QED) is 0.470. The first-order valence-electron chi connectivity index (χ1n) is 7.88. The van der Waals surface area contributed by atoms with Gasteiger partial charge in [-0.2, -0.15) is 0 Å². The zero-order chi connectivity index (χ0) is 19.6. The number of hydrogen-bond donors (Lipinski definition) is 2. The highest BCUT2D eigenvalue weighted by atomic mass is 79.9. The lowest BCUT2D eigenvalue weighted by molar-refractivity contribution is -0.123. The minimum absolute atomic E-state index is 0.271. The molecule has 0 bridgehead atoms. The van der Waals surface area contributed by atoms with Crippen LogP contribution in [0.15, 0.2) is 46.9 Å². The first-order valence-corrected chi connectivity index (χ1v) is 9.05. The minimum Gasteiger partial charge on any atom is -0.491 e. The minimum atomic E-state index is -0.510. The molecule has 2 rings (SSSR count). The average molecular weight is 458 g/mol. The van der Waals surface area contributed by atoms with E-state index < -0.39 is 11.8 Å². The maximum absolute atomic E-state index is 12.0. The zero-order valence-corrected chi connectivity index (χ0v) is 16.8. The molecule has 0 unspecified atom stereocenters. The summed E-state index contributed by atoms with van der Waals surface area (Å²) in [6.07, 6.45) is 0. The third-order valence-electron chi connectivity index (χ3n) is 3.24. The van der Waals surface area contributed by atoms with Crippen molar-refractivity contribution in [3.63, 3.8) is 0 Å². The molecule has 0 atom stereocenters. The van der Waals surface area contributed by atoms with Gasteiger partial charge in [0.15, 0.2) is 6.61 Å². The first-order chi connectivity index (χ1) is 13.0. The highest BCUT2D eigenvalue weighted by molar-refractivity contribution is 9.10. The smallest absolute Gasteiger partial charge is 0.276 e. The van der Waals surface area contributed by atoms with Gasteiger partial charge in [-0.15, -0.1) is 0 Å². The predicted octanol–water partition coefficient (Wildman–Crippen LogP) is 2.97. The van der Waals surface area contributed by atoms with E-state index in [2.05, 4.69) is 26.8 Å². The van der Waals surface area contributed by atoms with E-state index >= 15 is 0 Å². The Kier molecular flexibility index (Phi) is 8.38. The summed E-state index contributed by atoms with van der Waals surface area (Å²) in [5.41, 5.74) is 4.98. The van der Waals surface area contributed by atoms with E-state index in [9.17, 15) is 9.59 Å². The molecule has 27 heavy (non-hydrogen) atoms. The Labute approximate surface area is 170 Å². The van der Waals surface area contributed by atoms with Crippen LogP contribution >= 0.6 is 27.5 Å². The van der Waals surface area contributed by atoms with Crippen molar-refractivity contribution < 1.29 is 23.8 Å². The van der Waals surface area contributed by atoms with Crippen molar-refractivity contribution in [3.05, 3.63) is 57.5 Å². The molecule has 0 radical (unpaired) electrons. The Morgan fingerprint density at radius 3 is 2.44 bits per heavy atom. The second-order valence-corrected chi connectivity index (χ2v) is 6.52. The molecule has 0 fully saturated rings. The number of amides is 2. The lowest BCUT2D eigenvalue weighted by Gasteiger charge is -2.10. The highest BCUT2D eigenvalue weighted by Crippen LogP contribution is 2.27. The Bertz CT molecular complexity index is 786. The van der Waals surface area contributed by atoms with Crippen LogP contribution in [0.2, 0.25) is 5.02 Å². The molecular weight excluding hydrogens is 440 g/mol. The molecule has 9 heteroatoms. The maximum Gasteiger partial charge on any atom is 0.276 e. The van der Waals surface area contributed by atoms with Gasteiger partial charge in [0.2, 0.25) is 0 Å². The molecule has 7 nitrogen and oxygen atoms in total. The van der Waals surface area contributed by atoms with Crippen molar-refractivity contribution in [2.75, 3.05) is 26.9 Å². The van der Waals surface area contributed by atoms with E-state index in [0.29, 0.717) is 39.8 Å². The number of carbonyl (C=O) groups excluding carboxylic acids is 2. The van der Waals surface area contributed by atoms with Crippen molar-refractivity contribution >= 4 is 39.3 Å². The SMILES string of the molecule is COCCOc1ccc(C(=O)NNC(=O)COc2ccc(Cl)cc2Br)cc1. The molecule has 0 aromatic heterocycles. The van der Waals surface area contributed by atoms with Crippen molar-refractivity contribution in [3.8, 4) is 11.5 Å². The molecule has 2 amide bonds. The van der Waals surface area contributed by atoms with Crippen LogP contribution < -0.4 is 20.3 Å². The van der Waals surface area contributed by atoms with Crippen molar-refractivity contribution in [1.29, 1.82) is 0 Å². The summed E-state index contributed by atoms with van der Waals surface area (Å²) in [7, 11) is 1.59. The van der Waals surface area contributed by atoms with E-state index in [1.807, 2.05) is 0 Å². The second kappa shape index (κ2) is 10.8. The van der Waals surface area contributed by atoms with Gasteiger partial charge in [0.25, 0.3) is 11.8 Å². The second-order valence-electron chi connectivity index (χ2n) is 5.23. The number of rotatable bonds is 8. The van der Waals surface area contributed by atoms with Gasteiger partial charge in [0.1, 0.15) is 18.1 Å². The van der Waals surface area contributed by atoms with Crippen LogP contribution in [0.5, 0.6) is 11.5 Å². The van der Waals surface area contributed by atoms with E-state index in [0.717, 1.165) is 0 Å². The summed E-state index contributed by atoms with van der Waals surface area (Å²) in [5.74, 6) is 0.115. The molecule has 0 saturated heterocycles. The summed E-state index contributed by atoms with van der Waals surface area (Å²) < 4.78 is 16.3. The molecule has 0 heterocycles. The third-order valence-corrected chi connectivity index (χ3v) is 4.10. The fraction of sp³-hybridized carbons (Fsp3) is 0.222. The molecule has 144 valence electrons. The first kappa shape index (κ1) is 21.0. The number of carbonyl (C=O) groups is 2. The van der Waals surface area contributed by atoms with Gasteiger partial charge in [-0.05, 0) is 58.4 Å². The van der Waals surface area contributed by atoms with Gasteiger partial charge < -0.3 is 14.2 Å². The number of methoxy groups -OCH3 is 1. The lowest BCUT2D eigenvalue weighted by atomic mass is 10.2. The van der Waals surface area contributed by atoms with Gasteiger partial charge in [0, 0.05) is 17.7 Å². The topological polar surface area (TPSA) is 85.9 Å². The summed E-state index contributed by atoms with van der Waals surface area (Å²) in [5, 5.41) is 0.543. The lowest BCUT2D eigenvalue weighted by Crippen LogP contribution is -2.43. The van der Waals surface area contributed by atoms with Crippen molar-refractivity contribution in [1.82, 2.24) is 10.9 Å². The van der Waals surface area contributed by atoms with Crippen LogP contribution in [-0.2, 0) is 9.53 Å². The summed E-state index contributed by atoms with van der Waals surface area (Å²) in [6.45, 7) is 0.623. The van der Waals surface area contributed by atoms with Gasteiger partial charge in [-0.25, -0.2) is 0 Å². The molecule has 0 aliphatic carbocycles. The number of benzene rings is 2. The Hall–Kier alpha value is -2.29. The number of halogens is 2. The van der Waals surface area contributed by atoms with Gasteiger partial charge in [-0.3, -0.25) is 20.4 Å². The van der Waals surface area contributed by atoms with Crippen LogP contribution in [0.25, 0.3) is 0 Å². The Morgan fingerprint density at radius 1 is 1.04 bits per heavy atom. The van der Waals surface area contributed by atoms with E-state index in [1.54, 1.807) is 49.6 Å². The monoisotopic (exact) mass is 456 g/mol. The van der Waals surface area contributed by atoms with Crippen molar-refractivity contribution in [2.24, 2.45) is 0 Å². The van der Waals surface area contributed by atoms with Gasteiger partial charge in [-0.1, -0.05) is 11.6 Å². The molecule has 0 aliphatic heterocycles. The van der Waals surface area contributed by atoms with Gasteiger partial charge >= 0.3 is 0 Å². The predicted molar refractivity (Wildman–Crippen MR) is 104 cm³/mol. The number of hydrazine groups is 1. The van der Waals surface area contributed by atoms with E-state index in [1.165, 1.54) is 0 Å². The standard InChI is InChI=1S/C18H18BrClN2O5/c1-25-8-9-26-14-5-2-12(3-6-14)18(24)22-21-17(23)11-27-16-7-4-13(20)10-15(16)19/h2-7,10H,8-9,11H2,1H3,(H,21,23)(H,22,24). The molecular formula is C18H18BrClN2O5. The molecule has 0 aliphatic rings. The summed E-state index contributed by atoms with van der Waals surface area (Å²) in [4.78, 5) is 23.8. The van der Waals surface area contributed by atoms with Crippen LogP contribution in [0, 0.1) is 0 Å². The molecule has 0 spiro atoms. The Balaban J connectivity index is 1.76. The molecule has 2 aromatic carbocycles. The molecule has 2 N–H and O–H groups in total. The van der Waals surface area contributed by atoms with E-state index in [-0.39, 0.29) is 6.61 Å². The molecule has 2 aromatic rings. The van der Waals surface area contributed by atoms with Crippen LogP contribution in [-0.4, -0.2) is 38.7 Å². The van der Waals surface area contributed by atoms with Crippen LogP contribution in [0.1, 0.15) is 10.4 Å². The average Bonchev–Trinajstić information content (AvgIpc) is 2.66. The summed E-state index contributed by atoms with van der Waals surface area (Å²) >= 11 is 9.13. The number of nitrogens with one attached hydrogen (secondary N) is 2. The maximum atomic E-state index is 12.0. The van der Waals surface area contributed by atoms with Crippen LogP contribution in [0.4, 0.5) is 0 Å². The number of hydrogen-bond acceptors (Lipinski definition) is 5. The fourth-order valence-electron chi connectivity index (χ4n) is 1.92. The normalized spacial score (nSPS) is 10.2.